The summed E-state index contributed by atoms with van der Waals surface area (Å²) in [6, 6.07) is 10.2. The maximum atomic E-state index is 12.2. The molecule has 1 heterocycles. The van der Waals surface area contributed by atoms with Crippen molar-refractivity contribution >= 4 is 34.2 Å². The van der Waals surface area contributed by atoms with Crippen LogP contribution in [0.1, 0.15) is 19.3 Å². The topological polar surface area (TPSA) is 65.4 Å². The number of amides is 1. The van der Waals surface area contributed by atoms with Crippen molar-refractivity contribution in [2.75, 3.05) is 31.6 Å². The maximum absolute atomic E-state index is 12.2. The highest BCUT2D eigenvalue weighted by Crippen LogP contribution is 2.16. The van der Waals surface area contributed by atoms with E-state index >= 15 is 0 Å². The number of carbonyl (C=O) groups is 1. The van der Waals surface area contributed by atoms with E-state index in [1.165, 1.54) is 0 Å². The predicted molar refractivity (Wildman–Crippen MR) is 93.4 cm³/mol. The van der Waals surface area contributed by atoms with Gasteiger partial charge in [0.15, 0.2) is 0 Å². The van der Waals surface area contributed by atoms with Crippen LogP contribution in [-0.4, -0.2) is 43.2 Å². The molecule has 1 amide bonds. The Balaban J connectivity index is 1.91. The molecule has 1 fully saturated rings. The van der Waals surface area contributed by atoms with Crippen molar-refractivity contribution in [3.05, 3.63) is 27.8 Å². The summed E-state index contributed by atoms with van der Waals surface area (Å²) in [5.41, 5.74) is 0.803. The summed E-state index contributed by atoms with van der Waals surface area (Å²) in [5.74, 6) is -0.0364. The van der Waals surface area contributed by atoms with Crippen molar-refractivity contribution in [2.45, 2.75) is 25.3 Å². The number of halogens is 1. The number of hydrogen-bond acceptors (Lipinski definition) is 4. The SMILES string of the molecule is N#CCCN(CC(=O)Nc1ccc(I)cc1)C1CCOCC1. The molecule has 1 N–H and O–H groups in total. The number of ether oxygens (including phenoxy) is 1. The van der Waals surface area contributed by atoms with Gasteiger partial charge in [0, 0.05) is 41.5 Å². The molecule has 0 radical (unpaired) electrons. The van der Waals surface area contributed by atoms with Crippen LogP contribution in [0.5, 0.6) is 0 Å². The summed E-state index contributed by atoms with van der Waals surface area (Å²) < 4.78 is 6.51. The summed E-state index contributed by atoms with van der Waals surface area (Å²) in [4.78, 5) is 14.3. The van der Waals surface area contributed by atoms with Gasteiger partial charge >= 0.3 is 0 Å². The summed E-state index contributed by atoms with van der Waals surface area (Å²) in [6.45, 7) is 2.40. The number of nitrogens with zero attached hydrogens (tertiary/aromatic N) is 2. The Bertz CT molecular complexity index is 521. The number of nitrogens with one attached hydrogen (secondary N) is 1. The summed E-state index contributed by atoms with van der Waals surface area (Å²) in [6.07, 6.45) is 2.28. The smallest absolute Gasteiger partial charge is 0.238 e. The first-order chi connectivity index (χ1) is 10.7. The zero-order chi connectivity index (χ0) is 15.8. The van der Waals surface area contributed by atoms with Crippen molar-refractivity contribution in [2.24, 2.45) is 0 Å². The van der Waals surface area contributed by atoms with E-state index in [0.29, 0.717) is 25.6 Å². The minimum atomic E-state index is -0.0364. The minimum Gasteiger partial charge on any atom is -0.381 e. The van der Waals surface area contributed by atoms with E-state index in [4.69, 9.17) is 10.00 Å². The van der Waals surface area contributed by atoms with Crippen LogP contribution >= 0.6 is 22.6 Å². The Hall–Kier alpha value is -1.17. The van der Waals surface area contributed by atoms with Gasteiger partial charge in [0.25, 0.3) is 0 Å². The number of carbonyl (C=O) groups excluding carboxylic acids is 1. The lowest BCUT2D eigenvalue weighted by Gasteiger charge is -2.33. The van der Waals surface area contributed by atoms with E-state index in [1.807, 2.05) is 24.3 Å². The Morgan fingerprint density at radius 1 is 1.36 bits per heavy atom. The first-order valence-corrected chi connectivity index (χ1v) is 8.51. The quantitative estimate of drug-likeness (QED) is 0.729. The van der Waals surface area contributed by atoms with Gasteiger partial charge in [-0.25, -0.2) is 0 Å². The zero-order valence-corrected chi connectivity index (χ0v) is 14.6. The fourth-order valence-corrected chi connectivity index (χ4v) is 2.91. The third-order valence-corrected chi connectivity index (χ3v) is 4.41. The Morgan fingerprint density at radius 3 is 2.68 bits per heavy atom. The van der Waals surface area contributed by atoms with Crippen molar-refractivity contribution in [1.82, 2.24) is 4.90 Å². The Morgan fingerprint density at radius 2 is 2.05 bits per heavy atom. The summed E-state index contributed by atoms with van der Waals surface area (Å²) >= 11 is 2.23. The van der Waals surface area contributed by atoms with Gasteiger partial charge in [-0.05, 0) is 59.7 Å². The summed E-state index contributed by atoms with van der Waals surface area (Å²) in [5, 5.41) is 11.7. The second-order valence-corrected chi connectivity index (χ2v) is 6.52. The molecular weight excluding hydrogens is 393 g/mol. The molecule has 1 aromatic carbocycles. The molecule has 0 bridgehead atoms. The lowest BCUT2D eigenvalue weighted by atomic mass is 10.1. The van der Waals surface area contributed by atoms with E-state index in [9.17, 15) is 4.79 Å². The summed E-state index contributed by atoms with van der Waals surface area (Å²) in [7, 11) is 0. The second kappa shape index (κ2) is 9.08. The molecule has 6 heteroatoms. The van der Waals surface area contributed by atoms with E-state index in [2.05, 4.69) is 38.9 Å². The lowest BCUT2D eigenvalue weighted by molar-refractivity contribution is -0.118. The van der Waals surface area contributed by atoms with Gasteiger partial charge < -0.3 is 10.1 Å². The van der Waals surface area contributed by atoms with E-state index < -0.39 is 0 Å². The van der Waals surface area contributed by atoms with Gasteiger partial charge in [-0.15, -0.1) is 0 Å². The average molecular weight is 413 g/mol. The molecule has 1 aliphatic heterocycles. The molecule has 0 unspecified atom stereocenters. The molecule has 1 aliphatic rings. The fraction of sp³-hybridized carbons (Fsp3) is 0.500. The molecule has 118 valence electrons. The molecule has 2 rings (SSSR count). The van der Waals surface area contributed by atoms with E-state index in [1.54, 1.807) is 0 Å². The largest absolute Gasteiger partial charge is 0.381 e. The van der Waals surface area contributed by atoms with Crippen molar-refractivity contribution in [1.29, 1.82) is 5.26 Å². The standard InChI is InChI=1S/C16H20IN3O2/c17-13-2-4-14(5-3-13)19-16(21)12-20(9-1-8-18)15-6-10-22-11-7-15/h2-5,15H,1,6-7,9-12H2,(H,19,21). The first-order valence-electron chi connectivity index (χ1n) is 7.43. The van der Waals surface area contributed by atoms with Crippen molar-refractivity contribution in [3.8, 4) is 6.07 Å². The highest BCUT2D eigenvalue weighted by Gasteiger charge is 2.23. The number of anilines is 1. The highest BCUT2D eigenvalue weighted by atomic mass is 127. The van der Waals surface area contributed by atoms with Crippen LogP contribution < -0.4 is 5.32 Å². The number of benzene rings is 1. The predicted octanol–water partition coefficient (Wildman–Crippen LogP) is 2.62. The lowest BCUT2D eigenvalue weighted by Crippen LogP contribution is -2.44. The fourth-order valence-electron chi connectivity index (χ4n) is 2.55. The van der Waals surface area contributed by atoms with Crippen LogP contribution in [-0.2, 0) is 9.53 Å². The number of nitriles is 1. The zero-order valence-electron chi connectivity index (χ0n) is 12.4. The Labute approximate surface area is 144 Å². The average Bonchev–Trinajstić information content (AvgIpc) is 2.54. The minimum absolute atomic E-state index is 0.0364. The van der Waals surface area contributed by atoms with Crippen LogP contribution in [0.15, 0.2) is 24.3 Å². The third-order valence-electron chi connectivity index (χ3n) is 3.69. The second-order valence-electron chi connectivity index (χ2n) is 5.28. The maximum Gasteiger partial charge on any atom is 0.238 e. The Kier molecular flexibility index (Phi) is 7.09. The van der Waals surface area contributed by atoms with Crippen molar-refractivity contribution < 1.29 is 9.53 Å². The van der Waals surface area contributed by atoms with Crippen LogP contribution in [0.3, 0.4) is 0 Å². The number of rotatable bonds is 6. The molecular formula is C16H20IN3O2. The van der Waals surface area contributed by atoms with Crippen LogP contribution in [0.4, 0.5) is 5.69 Å². The normalized spacial score (nSPS) is 15.5. The van der Waals surface area contributed by atoms with Crippen molar-refractivity contribution in [3.63, 3.8) is 0 Å². The molecule has 0 saturated carbocycles. The molecule has 5 nitrogen and oxygen atoms in total. The van der Waals surface area contributed by atoms with Gasteiger partial charge in [0.05, 0.1) is 12.6 Å². The van der Waals surface area contributed by atoms with Gasteiger partial charge in [0.2, 0.25) is 5.91 Å². The van der Waals surface area contributed by atoms with E-state index in [-0.39, 0.29) is 5.91 Å². The molecule has 0 aromatic heterocycles. The molecule has 0 atom stereocenters. The molecule has 1 saturated heterocycles. The number of hydrogen-bond donors (Lipinski definition) is 1. The molecule has 1 aromatic rings. The highest BCUT2D eigenvalue weighted by molar-refractivity contribution is 14.1. The van der Waals surface area contributed by atoms with Gasteiger partial charge in [-0.1, -0.05) is 0 Å². The van der Waals surface area contributed by atoms with Gasteiger partial charge in [0.1, 0.15) is 0 Å². The van der Waals surface area contributed by atoms with E-state index in [0.717, 1.165) is 35.3 Å². The van der Waals surface area contributed by atoms with Crippen LogP contribution in [0, 0.1) is 14.9 Å². The molecule has 0 aliphatic carbocycles. The van der Waals surface area contributed by atoms with Gasteiger partial charge in [-0.3, -0.25) is 9.69 Å². The van der Waals surface area contributed by atoms with Gasteiger partial charge in [-0.2, -0.15) is 5.26 Å². The first kappa shape index (κ1) is 17.2. The third kappa shape index (κ3) is 5.55. The van der Waals surface area contributed by atoms with Crippen LogP contribution in [0.25, 0.3) is 0 Å². The monoisotopic (exact) mass is 413 g/mol. The van der Waals surface area contributed by atoms with Crippen LogP contribution in [0.2, 0.25) is 0 Å². The molecule has 0 spiro atoms. The molecule has 22 heavy (non-hydrogen) atoms.